The van der Waals surface area contributed by atoms with Crippen LogP contribution in [-0.2, 0) is 6.42 Å². The fraction of sp³-hybridized carbons (Fsp3) is 0.133. The van der Waals surface area contributed by atoms with Crippen molar-refractivity contribution in [3.63, 3.8) is 0 Å². The van der Waals surface area contributed by atoms with Gasteiger partial charge in [-0.1, -0.05) is 6.07 Å². The van der Waals surface area contributed by atoms with E-state index in [9.17, 15) is 9.59 Å². The molecule has 0 aliphatic rings. The zero-order valence-electron chi connectivity index (χ0n) is 11.5. The summed E-state index contributed by atoms with van der Waals surface area (Å²) in [6.07, 6.45) is 3.81. The van der Waals surface area contributed by atoms with Crippen LogP contribution in [0.4, 0.5) is 0 Å². The smallest absolute Gasteiger partial charge is 0.408 e. The summed E-state index contributed by atoms with van der Waals surface area (Å²) in [4.78, 5) is 29.4. The van der Waals surface area contributed by atoms with E-state index in [0.29, 0.717) is 29.6 Å². The normalized spacial score (nSPS) is 10.2. The van der Waals surface area contributed by atoms with E-state index in [2.05, 4.69) is 15.3 Å². The molecule has 3 aromatic rings. The third-order valence-corrected chi connectivity index (χ3v) is 3.13. The van der Waals surface area contributed by atoms with Crippen LogP contribution in [0.3, 0.4) is 0 Å². The number of hydrogen-bond acceptors (Lipinski definition) is 4. The van der Waals surface area contributed by atoms with E-state index < -0.39 is 5.76 Å². The third kappa shape index (κ3) is 3.53. The Morgan fingerprint density at radius 2 is 2.00 bits per heavy atom. The van der Waals surface area contributed by atoms with Gasteiger partial charge in [0, 0.05) is 24.5 Å². The molecule has 114 valence electrons. The molecular weight excluding hydrogens is 306 g/mol. The first kappa shape index (κ1) is 15.8. The lowest BCUT2D eigenvalue weighted by molar-refractivity contribution is 0.0954. The standard InChI is InChI=1S/C15H13N3O3.ClH/c19-14(11-4-6-16-7-5-11)17-8-3-10-1-2-12-13(9-10)21-15(20)18-12;/h1-2,4-7,9H,3,8H2,(H,17,19)(H,18,20);1H. The monoisotopic (exact) mass is 319 g/mol. The Balaban J connectivity index is 0.00000176. The minimum atomic E-state index is -0.465. The van der Waals surface area contributed by atoms with E-state index in [0.717, 1.165) is 5.56 Å². The molecule has 6 nitrogen and oxygen atoms in total. The van der Waals surface area contributed by atoms with Crippen LogP contribution in [0.15, 0.2) is 51.9 Å². The predicted octanol–water partition coefficient (Wildman–Crippen LogP) is 1.91. The van der Waals surface area contributed by atoms with Crippen LogP contribution in [0.25, 0.3) is 11.1 Å². The van der Waals surface area contributed by atoms with Crippen molar-refractivity contribution in [3.8, 4) is 0 Å². The minimum absolute atomic E-state index is 0. The quantitative estimate of drug-likeness (QED) is 0.769. The molecule has 0 aliphatic carbocycles. The summed E-state index contributed by atoms with van der Waals surface area (Å²) in [5.74, 6) is -0.597. The van der Waals surface area contributed by atoms with Gasteiger partial charge in [0.15, 0.2) is 5.58 Å². The van der Waals surface area contributed by atoms with Crippen LogP contribution >= 0.6 is 12.4 Å². The van der Waals surface area contributed by atoms with Crippen molar-refractivity contribution in [3.05, 3.63) is 64.4 Å². The lowest BCUT2D eigenvalue weighted by Gasteiger charge is -2.05. The number of hydrogen-bond donors (Lipinski definition) is 2. The number of carbonyl (C=O) groups is 1. The van der Waals surface area contributed by atoms with Crippen molar-refractivity contribution < 1.29 is 9.21 Å². The van der Waals surface area contributed by atoms with Crippen molar-refractivity contribution in [2.24, 2.45) is 0 Å². The number of nitrogens with zero attached hydrogens (tertiary/aromatic N) is 1. The SMILES string of the molecule is Cl.O=C(NCCc1ccc2[nH]c(=O)oc2c1)c1ccncc1. The van der Waals surface area contributed by atoms with Gasteiger partial charge >= 0.3 is 5.76 Å². The summed E-state index contributed by atoms with van der Waals surface area (Å²) in [6.45, 7) is 0.501. The molecule has 0 radical (unpaired) electrons. The van der Waals surface area contributed by atoms with Gasteiger partial charge in [0.2, 0.25) is 0 Å². The molecule has 0 unspecified atom stereocenters. The molecule has 0 saturated carbocycles. The summed E-state index contributed by atoms with van der Waals surface area (Å²) in [7, 11) is 0. The number of amides is 1. The van der Waals surface area contributed by atoms with Gasteiger partial charge in [-0.2, -0.15) is 0 Å². The molecule has 0 aliphatic heterocycles. The van der Waals surface area contributed by atoms with E-state index in [1.807, 2.05) is 6.07 Å². The second kappa shape index (κ2) is 6.91. The summed E-state index contributed by atoms with van der Waals surface area (Å²) in [6, 6.07) is 8.81. The molecule has 3 rings (SSSR count). The molecule has 2 heterocycles. The van der Waals surface area contributed by atoms with Crippen molar-refractivity contribution in [2.45, 2.75) is 6.42 Å². The van der Waals surface area contributed by atoms with E-state index >= 15 is 0 Å². The maximum atomic E-state index is 11.8. The van der Waals surface area contributed by atoms with Crippen molar-refractivity contribution in [1.82, 2.24) is 15.3 Å². The maximum Gasteiger partial charge on any atom is 0.417 e. The van der Waals surface area contributed by atoms with Crippen molar-refractivity contribution in [2.75, 3.05) is 6.54 Å². The third-order valence-electron chi connectivity index (χ3n) is 3.13. The topological polar surface area (TPSA) is 88.0 Å². The Hall–Kier alpha value is -2.60. The number of halogens is 1. The highest BCUT2D eigenvalue weighted by atomic mass is 35.5. The summed E-state index contributed by atoms with van der Waals surface area (Å²) >= 11 is 0. The van der Waals surface area contributed by atoms with Crippen LogP contribution in [-0.4, -0.2) is 22.4 Å². The molecule has 2 N–H and O–H groups in total. The first-order valence-electron chi connectivity index (χ1n) is 6.52. The number of fused-ring (bicyclic) bond motifs is 1. The van der Waals surface area contributed by atoms with Crippen LogP contribution in [0.2, 0.25) is 0 Å². The molecule has 0 saturated heterocycles. The molecule has 22 heavy (non-hydrogen) atoms. The van der Waals surface area contributed by atoms with Crippen LogP contribution in [0.5, 0.6) is 0 Å². The number of carbonyl (C=O) groups excluding carboxylic acids is 1. The fourth-order valence-corrected chi connectivity index (χ4v) is 2.07. The first-order valence-corrected chi connectivity index (χ1v) is 6.52. The van der Waals surface area contributed by atoms with E-state index in [4.69, 9.17) is 4.42 Å². The summed E-state index contributed by atoms with van der Waals surface area (Å²) in [5.41, 5.74) is 2.76. The van der Waals surface area contributed by atoms with Gasteiger partial charge in [0.1, 0.15) is 0 Å². The predicted molar refractivity (Wildman–Crippen MR) is 84.4 cm³/mol. The van der Waals surface area contributed by atoms with Crippen molar-refractivity contribution >= 4 is 29.4 Å². The van der Waals surface area contributed by atoms with E-state index in [1.165, 1.54) is 0 Å². The lowest BCUT2D eigenvalue weighted by Crippen LogP contribution is -2.25. The molecule has 7 heteroatoms. The van der Waals surface area contributed by atoms with E-state index in [1.54, 1.807) is 36.7 Å². The number of oxazole rings is 1. The Kier molecular flexibility index (Phi) is 4.95. The largest absolute Gasteiger partial charge is 0.417 e. The minimum Gasteiger partial charge on any atom is -0.408 e. The highest BCUT2D eigenvalue weighted by Gasteiger charge is 2.05. The second-order valence-electron chi connectivity index (χ2n) is 4.59. The van der Waals surface area contributed by atoms with Crippen LogP contribution in [0, 0.1) is 0 Å². The van der Waals surface area contributed by atoms with Crippen molar-refractivity contribution in [1.29, 1.82) is 0 Å². The number of aromatic amines is 1. The lowest BCUT2D eigenvalue weighted by atomic mass is 10.1. The van der Waals surface area contributed by atoms with Gasteiger partial charge in [0.05, 0.1) is 5.52 Å². The van der Waals surface area contributed by atoms with E-state index in [-0.39, 0.29) is 18.3 Å². The fourth-order valence-electron chi connectivity index (χ4n) is 2.07. The Bertz CT molecular complexity index is 827. The molecule has 0 spiro atoms. The second-order valence-corrected chi connectivity index (χ2v) is 4.59. The number of aromatic nitrogens is 2. The molecule has 0 bridgehead atoms. The summed E-state index contributed by atoms with van der Waals surface area (Å²) < 4.78 is 5.00. The van der Waals surface area contributed by atoms with Gasteiger partial charge in [-0.25, -0.2) is 4.79 Å². The Morgan fingerprint density at radius 3 is 2.77 bits per heavy atom. The zero-order valence-corrected chi connectivity index (χ0v) is 12.4. The number of nitrogens with one attached hydrogen (secondary N) is 2. The van der Waals surface area contributed by atoms with Crippen LogP contribution in [0.1, 0.15) is 15.9 Å². The molecule has 2 aromatic heterocycles. The first-order chi connectivity index (χ1) is 10.2. The Labute approximate surface area is 132 Å². The van der Waals surface area contributed by atoms with Gasteiger partial charge in [0.25, 0.3) is 5.91 Å². The maximum absolute atomic E-state index is 11.8. The highest BCUT2D eigenvalue weighted by Crippen LogP contribution is 2.12. The number of benzene rings is 1. The average Bonchev–Trinajstić information content (AvgIpc) is 2.87. The van der Waals surface area contributed by atoms with Gasteiger partial charge in [-0.15, -0.1) is 12.4 Å². The zero-order chi connectivity index (χ0) is 14.7. The molecule has 1 amide bonds. The number of pyridine rings is 1. The number of rotatable bonds is 4. The average molecular weight is 320 g/mol. The van der Waals surface area contributed by atoms with Gasteiger partial charge in [-0.05, 0) is 36.2 Å². The molecular formula is C15H14ClN3O3. The summed E-state index contributed by atoms with van der Waals surface area (Å²) in [5, 5.41) is 2.83. The van der Waals surface area contributed by atoms with Gasteiger partial charge < -0.3 is 9.73 Å². The molecule has 1 aromatic carbocycles. The Morgan fingerprint density at radius 1 is 1.23 bits per heavy atom. The molecule has 0 atom stereocenters. The molecule has 0 fully saturated rings. The van der Waals surface area contributed by atoms with Gasteiger partial charge in [-0.3, -0.25) is 14.8 Å². The highest BCUT2D eigenvalue weighted by molar-refractivity contribution is 5.93. The number of H-pyrrole nitrogens is 1. The van der Waals surface area contributed by atoms with Crippen LogP contribution < -0.4 is 11.1 Å².